The number of hydrogen-bond acceptors (Lipinski definition) is 1. The highest BCUT2D eigenvalue weighted by Crippen LogP contribution is 2.58. The molecule has 0 saturated heterocycles. The summed E-state index contributed by atoms with van der Waals surface area (Å²) in [4.78, 5) is 2.47. The molecular formula is C56H41N. The van der Waals surface area contributed by atoms with Crippen molar-refractivity contribution in [2.75, 3.05) is 4.90 Å². The second-order valence-electron chi connectivity index (χ2n) is 16.1. The molecule has 0 fully saturated rings. The van der Waals surface area contributed by atoms with Gasteiger partial charge in [-0.15, -0.1) is 0 Å². The molecule has 0 saturated carbocycles. The van der Waals surface area contributed by atoms with Crippen molar-refractivity contribution in [1.82, 2.24) is 0 Å². The third kappa shape index (κ3) is 4.95. The number of benzene rings is 9. The van der Waals surface area contributed by atoms with Gasteiger partial charge in [0, 0.05) is 22.5 Å². The van der Waals surface area contributed by atoms with Crippen LogP contribution in [0.3, 0.4) is 0 Å². The van der Waals surface area contributed by atoms with Crippen molar-refractivity contribution in [1.29, 1.82) is 0 Å². The van der Waals surface area contributed by atoms with Crippen LogP contribution in [0.4, 0.5) is 17.1 Å². The van der Waals surface area contributed by atoms with Gasteiger partial charge in [-0.3, -0.25) is 0 Å². The molecule has 0 radical (unpaired) electrons. The third-order valence-electron chi connectivity index (χ3n) is 12.8. The molecule has 9 aromatic rings. The lowest BCUT2D eigenvalue weighted by Gasteiger charge is -2.35. The van der Waals surface area contributed by atoms with Gasteiger partial charge in [-0.2, -0.15) is 0 Å². The van der Waals surface area contributed by atoms with Crippen molar-refractivity contribution in [2.45, 2.75) is 24.7 Å². The summed E-state index contributed by atoms with van der Waals surface area (Å²) < 4.78 is 0. The lowest BCUT2D eigenvalue weighted by Crippen LogP contribution is -2.28. The molecule has 0 unspecified atom stereocenters. The van der Waals surface area contributed by atoms with Crippen LogP contribution in [-0.2, 0) is 10.8 Å². The second-order valence-corrected chi connectivity index (χ2v) is 16.1. The molecule has 2 aliphatic rings. The van der Waals surface area contributed by atoms with Crippen LogP contribution in [0.25, 0.3) is 44.2 Å². The minimum atomic E-state index is -0.490. The van der Waals surface area contributed by atoms with Gasteiger partial charge in [0.1, 0.15) is 0 Å². The molecule has 0 bridgehead atoms. The van der Waals surface area contributed by atoms with E-state index in [1.165, 1.54) is 77.5 Å². The largest absolute Gasteiger partial charge is 0.310 e. The number of rotatable bonds is 6. The van der Waals surface area contributed by atoms with E-state index in [0.29, 0.717) is 0 Å². The molecule has 2 aliphatic carbocycles. The molecule has 57 heavy (non-hydrogen) atoms. The zero-order valence-electron chi connectivity index (χ0n) is 32.2. The quantitative estimate of drug-likeness (QED) is 0.165. The van der Waals surface area contributed by atoms with E-state index >= 15 is 0 Å². The monoisotopic (exact) mass is 727 g/mol. The van der Waals surface area contributed by atoms with Gasteiger partial charge in [0.15, 0.2) is 0 Å². The molecule has 0 heterocycles. The van der Waals surface area contributed by atoms with Gasteiger partial charge in [0.05, 0.1) is 5.41 Å². The Morgan fingerprint density at radius 3 is 1.49 bits per heavy atom. The molecule has 9 aromatic carbocycles. The summed E-state index contributed by atoms with van der Waals surface area (Å²) >= 11 is 0. The van der Waals surface area contributed by atoms with Gasteiger partial charge in [-0.05, 0) is 114 Å². The molecule has 0 N–H and O–H groups in total. The van der Waals surface area contributed by atoms with E-state index in [2.05, 4.69) is 231 Å². The molecule has 11 rings (SSSR count). The summed E-state index contributed by atoms with van der Waals surface area (Å²) in [7, 11) is 0. The average Bonchev–Trinajstić information content (AvgIpc) is 3.69. The molecule has 0 amide bonds. The first-order valence-electron chi connectivity index (χ1n) is 20.0. The molecule has 0 spiro atoms. The summed E-state index contributed by atoms with van der Waals surface area (Å²) in [5.41, 5.74) is 18.3. The summed E-state index contributed by atoms with van der Waals surface area (Å²) in [6, 6.07) is 78.8. The van der Waals surface area contributed by atoms with Crippen LogP contribution < -0.4 is 4.90 Å². The predicted octanol–water partition coefficient (Wildman–Crippen LogP) is 14.6. The first-order valence-corrected chi connectivity index (χ1v) is 20.0. The Morgan fingerprint density at radius 2 is 0.807 bits per heavy atom. The number of nitrogens with zero attached hydrogens (tertiary/aromatic N) is 1. The summed E-state index contributed by atoms with van der Waals surface area (Å²) in [5.74, 6) is 0. The van der Waals surface area contributed by atoms with Gasteiger partial charge in [0.2, 0.25) is 0 Å². The van der Waals surface area contributed by atoms with Crippen LogP contribution in [-0.4, -0.2) is 0 Å². The Balaban J connectivity index is 1.14. The van der Waals surface area contributed by atoms with Gasteiger partial charge < -0.3 is 4.90 Å². The Bertz CT molecular complexity index is 2930. The zero-order valence-corrected chi connectivity index (χ0v) is 32.2. The maximum atomic E-state index is 2.47. The van der Waals surface area contributed by atoms with E-state index in [1.54, 1.807) is 0 Å². The normalized spacial score (nSPS) is 14.1. The van der Waals surface area contributed by atoms with Crippen LogP contribution in [0.1, 0.15) is 47.2 Å². The fourth-order valence-electron chi connectivity index (χ4n) is 10.1. The smallest absolute Gasteiger partial charge is 0.0714 e. The minimum absolute atomic E-state index is 0.124. The van der Waals surface area contributed by atoms with E-state index in [9.17, 15) is 0 Å². The van der Waals surface area contributed by atoms with Gasteiger partial charge >= 0.3 is 0 Å². The van der Waals surface area contributed by atoms with Crippen LogP contribution in [0.5, 0.6) is 0 Å². The van der Waals surface area contributed by atoms with Gasteiger partial charge in [0.25, 0.3) is 0 Å². The fourth-order valence-corrected chi connectivity index (χ4v) is 10.1. The van der Waals surface area contributed by atoms with E-state index in [0.717, 1.165) is 17.1 Å². The standard InChI is InChI=1S/C56H41N/c1-55(2)51-26-13-11-23-47(51)49-34-32-43(36-53(49)55)57(42-30-28-39(29-31-42)46-25-15-17-38-16-9-10-22-45(38)46)44-33-35-50-48-24-12-14-27-52(48)56(54(50)37-44,40-18-5-3-6-19-40)41-20-7-4-8-21-41/h3-37H,1-2H3. The first kappa shape index (κ1) is 33.4. The van der Waals surface area contributed by atoms with Crippen molar-refractivity contribution in [3.8, 4) is 33.4 Å². The van der Waals surface area contributed by atoms with Gasteiger partial charge in [-0.25, -0.2) is 0 Å². The first-order chi connectivity index (χ1) is 28.0. The number of hydrogen-bond donors (Lipinski definition) is 0. The molecule has 1 heteroatoms. The Morgan fingerprint density at radius 1 is 0.333 bits per heavy atom. The third-order valence-corrected chi connectivity index (χ3v) is 12.8. The molecule has 270 valence electrons. The molecule has 0 atom stereocenters. The molecule has 1 nitrogen and oxygen atoms in total. The van der Waals surface area contributed by atoms with Crippen molar-refractivity contribution < 1.29 is 0 Å². The van der Waals surface area contributed by atoms with Crippen LogP contribution >= 0.6 is 0 Å². The lowest BCUT2D eigenvalue weighted by molar-refractivity contribution is 0.660. The Kier molecular flexibility index (Phi) is 7.50. The fraction of sp³-hybridized carbons (Fsp3) is 0.0714. The predicted molar refractivity (Wildman–Crippen MR) is 239 cm³/mol. The number of fused-ring (bicyclic) bond motifs is 7. The highest BCUT2D eigenvalue weighted by Gasteiger charge is 2.46. The molecule has 0 aromatic heterocycles. The van der Waals surface area contributed by atoms with Crippen molar-refractivity contribution >= 4 is 27.8 Å². The SMILES string of the molecule is CC1(C)c2ccccc2-c2ccc(N(c3ccc(-c4cccc5ccccc45)cc3)c3ccc4c(c3)C(c3ccccc3)(c3ccccc3)c3ccccc3-4)cc21. The van der Waals surface area contributed by atoms with Crippen LogP contribution in [0.2, 0.25) is 0 Å². The van der Waals surface area contributed by atoms with E-state index in [-0.39, 0.29) is 5.41 Å². The van der Waals surface area contributed by atoms with E-state index in [1.807, 2.05) is 0 Å². The van der Waals surface area contributed by atoms with Crippen LogP contribution in [0.15, 0.2) is 212 Å². The van der Waals surface area contributed by atoms with Crippen molar-refractivity contribution in [3.63, 3.8) is 0 Å². The highest BCUT2D eigenvalue weighted by molar-refractivity contribution is 5.97. The van der Waals surface area contributed by atoms with Crippen LogP contribution in [0, 0.1) is 0 Å². The van der Waals surface area contributed by atoms with E-state index in [4.69, 9.17) is 0 Å². The summed E-state index contributed by atoms with van der Waals surface area (Å²) in [6.07, 6.45) is 0. The maximum absolute atomic E-state index is 2.47. The minimum Gasteiger partial charge on any atom is -0.310 e. The molecule has 0 aliphatic heterocycles. The van der Waals surface area contributed by atoms with Gasteiger partial charge in [-0.1, -0.05) is 190 Å². The average molecular weight is 728 g/mol. The maximum Gasteiger partial charge on any atom is 0.0714 e. The number of anilines is 3. The summed E-state index contributed by atoms with van der Waals surface area (Å²) in [6.45, 7) is 4.73. The lowest BCUT2D eigenvalue weighted by atomic mass is 9.67. The highest BCUT2D eigenvalue weighted by atomic mass is 15.1. The van der Waals surface area contributed by atoms with E-state index < -0.39 is 5.41 Å². The topological polar surface area (TPSA) is 3.24 Å². The molecular weight excluding hydrogens is 687 g/mol. The zero-order chi connectivity index (χ0) is 38.1. The Labute approximate surface area is 335 Å². The van der Waals surface area contributed by atoms with Crippen molar-refractivity contribution in [2.24, 2.45) is 0 Å². The summed E-state index contributed by atoms with van der Waals surface area (Å²) in [5, 5.41) is 2.52. The second kappa shape index (κ2) is 12.8. The van der Waals surface area contributed by atoms with Crippen molar-refractivity contribution in [3.05, 3.63) is 246 Å². The Hall–Kier alpha value is -6.96.